The normalized spacial score (nSPS) is 25.6. The first-order valence-electron chi connectivity index (χ1n) is 4.15. The number of piperidine rings is 1. The Morgan fingerprint density at radius 3 is 2.75 bits per heavy atom. The van der Waals surface area contributed by atoms with E-state index in [1.165, 1.54) is 0 Å². The molecule has 0 amide bonds. The Kier molecular flexibility index (Phi) is 5.25. The van der Waals surface area contributed by atoms with E-state index in [2.05, 4.69) is 5.32 Å². The lowest BCUT2D eigenvalue weighted by molar-refractivity contribution is -0.143. The van der Waals surface area contributed by atoms with Crippen LogP contribution >= 0.6 is 12.4 Å². The second-order valence-electron chi connectivity index (χ2n) is 3.23. The van der Waals surface area contributed by atoms with Gasteiger partial charge in [0, 0.05) is 0 Å². The van der Waals surface area contributed by atoms with Crippen molar-refractivity contribution in [1.82, 2.24) is 5.32 Å². The van der Waals surface area contributed by atoms with Crippen LogP contribution < -0.4 is 5.32 Å². The second-order valence-corrected chi connectivity index (χ2v) is 3.23. The molecule has 1 aliphatic heterocycles. The minimum Gasteiger partial charge on any atom is -0.481 e. The minimum absolute atomic E-state index is 0. The molecule has 3 nitrogen and oxygen atoms in total. The Morgan fingerprint density at radius 1 is 1.67 bits per heavy atom. The number of hydrogen-bond donors (Lipinski definition) is 2. The van der Waals surface area contributed by atoms with Gasteiger partial charge in [-0.15, -0.1) is 12.4 Å². The molecule has 0 saturated carbocycles. The molecule has 2 atom stereocenters. The van der Waals surface area contributed by atoms with Crippen molar-refractivity contribution < 1.29 is 9.90 Å². The number of nitrogens with one attached hydrogen (secondary N) is 1. The van der Waals surface area contributed by atoms with E-state index in [0.717, 1.165) is 25.9 Å². The number of hydrogen-bond acceptors (Lipinski definition) is 2. The van der Waals surface area contributed by atoms with Gasteiger partial charge >= 0.3 is 5.97 Å². The molecule has 1 saturated heterocycles. The molecule has 1 heterocycles. The number of rotatable bonds is 2. The number of halogens is 1. The molecule has 72 valence electrons. The SMILES string of the molecule is CC(C(=O)O)C1CCCNC1.Cl. The summed E-state index contributed by atoms with van der Waals surface area (Å²) in [6.07, 6.45) is 2.17. The van der Waals surface area contributed by atoms with Crippen LogP contribution in [0.1, 0.15) is 19.8 Å². The summed E-state index contributed by atoms with van der Waals surface area (Å²) in [5, 5.41) is 11.9. The molecular weight excluding hydrogens is 178 g/mol. The summed E-state index contributed by atoms with van der Waals surface area (Å²) in [7, 11) is 0. The van der Waals surface area contributed by atoms with Gasteiger partial charge in [0.25, 0.3) is 0 Å². The summed E-state index contributed by atoms with van der Waals surface area (Å²) in [6, 6.07) is 0. The van der Waals surface area contributed by atoms with E-state index in [1.54, 1.807) is 6.92 Å². The topological polar surface area (TPSA) is 49.3 Å². The number of carboxylic acids is 1. The van der Waals surface area contributed by atoms with Crippen molar-refractivity contribution in [1.29, 1.82) is 0 Å². The molecule has 0 bridgehead atoms. The molecule has 0 spiro atoms. The van der Waals surface area contributed by atoms with Crippen LogP contribution in [0.2, 0.25) is 0 Å². The predicted octanol–water partition coefficient (Wildman–Crippen LogP) is 1.13. The van der Waals surface area contributed by atoms with Crippen LogP contribution in [0.15, 0.2) is 0 Å². The van der Waals surface area contributed by atoms with Gasteiger partial charge in [0.1, 0.15) is 0 Å². The molecular formula is C8H16ClNO2. The summed E-state index contributed by atoms with van der Waals surface area (Å²) < 4.78 is 0. The maximum atomic E-state index is 10.6. The quantitative estimate of drug-likeness (QED) is 0.691. The molecule has 1 aliphatic rings. The molecule has 2 unspecified atom stereocenters. The second kappa shape index (κ2) is 5.38. The first-order chi connectivity index (χ1) is 5.22. The zero-order valence-electron chi connectivity index (χ0n) is 7.25. The van der Waals surface area contributed by atoms with Gasteiger partial charge in [-0.1, -0.05) is 6.92 Å². The van der Waals surface area contributed by atoms with Crippen molar-refractivity contribution in [2.45, 2.75) is 19.8 Å². The van der Waals surface area contributed by atoms with Gasteiger partial charge < -0.3 is 10.4 Å². The van der Waals surface area contributed by atoms with Crippen LogP contribution in [0.5, 0.6) is 0 Å². The average Bonchev–Trinajstić information content (AvgIpc) is 2.05. The minimum atomic E-state index is -0.668. The Balaban J connectivity index is 0.00000121. The lowest BCUT2D eigenvalue weighted by Crippen LogP contribution is -2.35. The smallest absolute Gasteiger partial charge is 0.306 e. The van der Waals surface area contributed by atoms with Crippen molar-refractivity contribution in [2.24, 2.45) is 11.8 Å². The zero-order chi connectivity index (χ0) is 8.27. The molecule has 0 aromatic rings. The summed E-state index contributed by atoms with van der Waals surface area (Å²) in [4.78, 5) is 10.6. The largest absolute Gasteiger partial charge is 0.481 e. The van der Waals surface area contributed by atoms with Gasteiger partial charge in [-0.2, -0.15) is 0 Å². The van der Waals surface area contributed by atoms with Crippen LogP contribution in [0.25, 0.3) is 0 Å². The predicted molar refractivity (Wildman–Crippen MR) is 49.6 cm³/mol. The third-order valence-corrected chi connectivity index (χ3v) is 2.43. The van der Waals surface area contributed by atoms with E-state index in [-0.39, 0.29) is 18.3 Å². The lowest BCUT2D eigenvalue weighted by Gasteiger charge is -2.25. The van der Waals surface area contributed by atoms with E-state index in [4.69, 9.17) is 5.11 Å². The fraction of sp³-hybridized carbons (Fsp3) is 0.875. The van der Waals surface area contributed by atoms with Gasteiger partial charge in [-0.3, -0.25) is 4.79 Å². The van der Waals surface area contributed by atoms with Crippen LogP contribution in [0.3, 0.4) is 0 Å². The van der Waals surface area contributed by atoms with E-state index in [9.17, 15) is 4.79 Å². The van der Waals surface area contributed by atoms with Crippen molar-refractivity contribution in [2.75, 3.05) is 13.1 Å². The van der Waals surface area contributed by atoms with Gasteiger partial charge in [-0.25, -0.2) is 0 Å². The summed E-state index contributed by atoms with van der Waals surface area (Å²) in [5.74, 6) is -0.525. The highest BCUT2D eigenvalue weighted by Gasteiger charge is 2.24. The van der Waals surface area contributed by atoms with Crippen molar-refractivity contribution in [3.05, 3.63) is 0 Å². The molecule has 2 N–H and O–H groups in total. The molecule has 0 aromatic heterocycles. The van der Waals surface area contributed by atoms with Gasteiger partial charge in [0.2, 0.25) is 0 Å². The average molecular weight is 194 g/mol. The maximum absolute atomic E-state index is 10.6. The van der Waals surface area contributed by atoms with Gasteiger partial charge in [0.05, 0.1) is 5.92 Å². The Hall–Kier alpha value is -0.280. The van der Waals surface area contributed by atoms with E-state index < -0.39 is 5.97 Å². The fourth-order valence-electron chi connectivity index (χ4n) is 1.51. The summed E-state index contributed by atoms with van der Waals surface area (Å²) in [6.45, 7) is 3.70. The number of carboxylic acid groups (broad SMARTS) is 1. The van der Waals surface area contributed by atoms with Crippen LogP contribution in [-0.4, -0.2) is 24.2 Å². The molecule has 12 heavy (non-hydrogen) atoms. The van der Waals surface area contributed by atoms with E-state index >= 15 is 0 Å². The fourth-order valence-corrected chi connectivity index (χ4v) is 1.51. The monoisotopic (exact) mass is 193 g/mol. The van der Waals surface area contributed by atoms with E-state index in [0.29, 0.717) is 5.92 Å². The van der Waals surface area contributed by atoms with Crippen molar-refractivity contribution in [3.8, 4) is 0 Å². The first kappa shape index (κ1) is 11.7. The standard InChI is InChI=1S/C8H15NO2.ClH/c1-6(8(10)11)7-3-2-4-9-5-7;/h6-7,9H,2-5H2,1H3,(H,10,11);1H. The molecule has 1 rings (SSSR count). The third-order valence-electron chi connectivity index (χ3n) is 2.43. The summed E-state index contributed by atoms with van der Waals surface area (Å²) in [5.41, 5.74) is 0. The number of aliphatic carboxylic acids is 1. The van der Waals surface area contributed by atoms with Crippen molar-refractivity contribution in [3.63, 3.8) is 0 Å². The third kappa shape index (κ3) is 2.99. The van der Waals surface area contributed by atoms with Crippen molar-refractivity contribution >= 4 is 18.4 Å². The highest BCUT2D eigenvalue weighted by Crippen LogP contribution is 2.19. The molecule has 0 aromatic carbocycles. The zero-order valence-corrected chi connectivity index (χ0v) is 8.06. The highest BCUT2D eigenvalue weighted by molar-refractivity contribution is 5.85. The summed E-state index contributed by atoms with van der Waals surface area (Å²) >= 11 is 0. The molecule has 0 radical (unpaired) electrons. The highest BCUT2D eigenvalue weighted by atomic mass is 35.5. The molecule has 4 heteroatoms. The lowest BCUT2D eigenvalue weighted by atomic mass is 9.88. The van der Waals surface area contributed by atoms with Crippen LogP contribution in [-0.2, 0) is 4.79 Å². The molecule has 1 fully saturated rings. The number of carbonyl (C=O) groups is 1. The van der Waals surface area contributed by atoms with E-state index in [1.807, 2.05) is 0 Å². The maximum Gasteiger partial charge on any atom is 0.306 e. The Labute approximate surface area is 78.9 Å². The van der Waals surface area contributed by atoms with Gasteiger partial charge in [-0.05, 0) is 31.8 Å². The Bertz CT molecular complexity index is 146. The first-order valence-corrected chi connectivity index (χ1v) is 4.15. The van der Waals surface area contributed by atoms with Crippen LogP contribution in [0.4, 0.5) is 0 Å². The molecule has 0 aliphatic carbocycles. The van der Waals surface area contributed by atoms with Crippen LogP contribution in [0, 0.1) is 11.8 Å². The Morgan fingerprint density at radius 2 is 2.33 bits per heavy atom. The van der Waals surface area contributed by atoms with Gasteiger partial charge in [0.15, 0.2) is 0 Å².